The SMILES string of the molecule is CCCN1CCC(NC(=O)c2ccoc2C)CC1. The van der Waals surface area contributed by atoms with Crippen LogP contribution in [-0.2, 0) is 0 Å². The Morgan fingerprint density at radius 1 is 1.50 bits per heavy atom. The number of likely N-dealkylation sites (tertiary alicyclic amines) is 1. The second-order valence-electron chi connectivity index (χ2n) is 4.98. The Balaban J connectivity index is 1.81. The largest absolute Gasteiger partial charge is 0.469 e. The zero-order valence-electron chi connectivity index (χ0n) is 11.2. The minimum atomic E-state index is -0.00445. The molecule has 2 rings (SSSR count). The first-order chi connectivity index (χ1) is 8.70. The topological polar surface area (TPSA) is 45.5 Å². The lowest BCUT2D eigenvalue weighted by atomic mass is 10.0. The molecule has 0 saturated carbocycles. The average Bonchev–Trinajstić information content (AvgIpc) is 2.78. The van der Waals surface area contributed by atoms with E-state index in [-0.39, 0.29) is 5.91 Å². The molecule has 1 amide bonds. The predicted octanol–water partition coefficient (Wildman–Crippen LogP) is 2.19. The third-order valence-electron chi connectivity index (χ3n) is 3.57. The van der Waals surface area contributed by atoms with Crippen LogP contribution in [0.3, 0.4) is 0 Å². The van der Waals surface area contributed by atoms with E-state index < -0.39 is 0 Å². The van der Waals surface area contributed by atoms with Crippen LogP contribution in [0.2, 0.25) is 0 Å². The van der Waals surface area contributed by atoms with E-state index in [0.29, 0.717) is 17.4 Å². The maximum Gasteiger partial charge on any atom is 0.255 e. The van der Waals surface area contributed by atoms with Crippen molar-refractivity contribution in [2.75, 3.05) is 19.6 Å². The van der Waals surface area contributed by atoms with Gasteiger partial charge in [-0.3, -0.25) is 4.79 Å². The molecule has 0 bridgehead atoms. The number of aryl methyl sites for hydroxylation is 1. The summed E-state index contributed by atoms with van der Waals surface area (Å²) in [5, 5.41) is 3.10. The van der Waals surface area contributed by atoms with Crippen LogP contribution in [0.1, 0.15) is 42.3 Å². The van der Waals surface area contributed by atoms with Gasteiger partial charge in [0.1, 0.15) is 5.76 Å². The zero-order chi connectivity index (χ0) is 13.0. The Hall–Kier alpha value is -1.29. The molecule has 1 aromatic rings. The zero-order valence-corrected chi connectivity index (χ0v) is 11.2. The molecule has 0 radical (unpaired) electrons. The fraction of sp³-hybridized carbons (Fsp3) is 0.643. The van der Waals surface area contributed by atoms with E-state index in [4.69, 9.17) is 4.42 Å². The number of amides is 1. The highest BCUT2D eigenvalue weighted by Gasteiger charge is 2.21. The van der Waals surface area contributed by atoms with E-state index in [2.05, 4.69) is 17.1 Å². The first kappa shape index (κ1) is 13.1. The minimum Gasteiger partial charge on any atom is -0.469 e. The molecule has 0 atom stereocenters. The van der Waals surface area contributed by atoms with Crippen molar-refractivity contribution in [2.45, 2.75) is 39.2 Å². The molecule has 1 aliphatic heterocycles. The van der Waals surface area contributed by atoms with Crippen molar-refractivity contribution in [3.05, 3.63) is 23.7 Å². The molecule has 0 spiro atoms. The second-order valence-corrected chi connectivity index (χ2v) is 4.98. The number of nitrogens with zero attached hydrogens (tertiary/aromatic N) is 1. The molecule has 1 fully saturated rings. The van der Waals surface area contributed by atoms with Gasteiger partial charge in [0.15, 0.2) is 0 Å². The minimum absolute atomic E-state index is 0.00445. The lowest BCUT2D eigenvalue weighted by Gasteiger charge is -2.32. The van der Waals surface area contributed by atoms with Crippen LogP contribution >= 0.6 is 0 Å². The molecule has 1 aliphatic rings. The Labute approximate surface area is 108 Å². The smallest absolute Gasteiger partial charge is 0.255 e. The number of hydrogen-bond donors (Lipinski definition) is 1. The summed E-state index contributed by atoms with van der Waals surface area (Å²) < 4.78 is 5.15. The Kier molecular flexibility index (Phi) is 4.42. The first-order valence-electron chi connectivity index (χ1n) is 6.78. The molecule has 0 unspecified atom stereocenters. The van der Waals surface area contributed by atoms with Crippen LogP contribution < -0.4 is 5.32 Å². The molecule has 4 heteroatoms. The van der Waals surface area contributed by atoms with E-state index in [1.807, 2.05) is 6.92 Å². The number of piperidine rings is 1. The summed E-state index contributed by atoms with van der Waals surface area (Å²) in [7, 11) is 0. The van der Waals surface area contributed by atoms with Crippen LogP contribution in [-0.4, -0.2) is 36.5 Å². The highest BCUT2D eigenvalue weighted by molar-refractivity contribution is 5.95. The van der Waals surface area contributed by atoms with Gasteiger partial charge in [-0.2, -0.15) is 0 Å². The van der Waals surface area contributed by atoms with Crippen molar-refractivity contribution in [3.8, 4) is 0 Å². The summed E-state index contributed by atoms with van der Waals surface area (Å²) in [4.78, 5) is 14.5. The third kappa shape index (κ3) is 3.13. The summed E-state index contributed by atoms with van der Waals surface area (Å²) >= 11 is 0. The van der Waals surface area contributed by atoms with Crippen molar-refractivity contribution in [1.29, 1.82) is 0 Å². The molecule has 1 N–H and O–H groups in total. The Bertz CT molecular complexity index is 392. The van der Waals surface area contributed by atoms with Gasteiger partial charge in [-0.25, -0.2) is 0 Å². The highest BCUT2D eigenvalue weighted by atomic mass is 16.3. The number of furan rings is 1. The summed E-state index contributed by atoms with van der Waals surface area (Å²) in [6.45, 7) is 7.36. The first-order valence-corrected chi connectivity index (χ1v) is 6.78. The maximum absolute atomic E-state index is 12.0. The van der Waals surface area contributed by atoms with Gasteiger partial charge in [-0.15, -0.1) is 0 Å². The standard InChI is InChI=1S/C14H22N2O2/c1-3-7-16-8-4-12(5-9-16)15-14(17)13-6-10-18-11(13)2/h6,10,12H,3-5,7-9H2,1-2H3,(H,15,17). The van der Waals surface area contributed by atoms with Crippen LogP contribution in [0, 0.1) is 6.92 Å². The van der Waals surface area contributed by atoms with Gasteiger partial charge in [0.2, 0.25) is 0 Å². The van der Waals surface area contributed by atoms with E-state index >= 15 is 0 Å². The van der Waals surface area contributed by atoms with Crippen LogP contribution in [0.15, 0.2) is 16.7 Å². The van der Waals surface area contributed by atoms with Gasteiger partial charge in [0, 0.05) is 19.1 Å². The molecule has 100 valence electrons. The van der Waals surface area contributed by atoms with Crippen molar-refractivity contribution in [1.82, 2.24) is 10.2 Å². The monoisotopic (exact) mass is 250 g/mol. The quantitative estimate of drug-likeness (QED) is 0.891. The van der Waals surface area contributed by atoms with Crippen LogP contribution in [0.4, 0.5) is 0 Å². The van der Waals surface area contributed by atoms with Crippen LogP contribution in [0.5, 0.6) is 0 Å². The maximum atomic E-state index is 12.0. The van der Waals surface area contributed by atoms with E-state index in [1.165, 1.54) is 13.0 Å². The van der Waals surface area contributed by atoms with Crippen molar-refractivity contribution in [3.63, 3.8) is 0 Å². The number of hydrogen-bond acceptors (Lipinski definition) is 3. The molecular formula is C14H22N2O2. The fourth-order valence-electron chi connectivity index (χ4n) is 2.50. The van der Waals surface area contributed by atoms with Crippen LogP contribution in [0.25, 0.3) is 0 Å². The molecule has 0 aliphatic carbocycles. The fourth-order valence-corrected chi connectivity index (χ4v) is 2.50. The lowest BCUT2D eigenvalue weighted by molar-refractivity contribution is 0.0909. The number of carbonyl (C=O) groups excluding carboxylic acids is 1. The molecule has 4 nitrogen and oxygen atoms in total. The van der Waals surface area contributed by atoms with E-state index in [0.717, 1.165) is 25.9 Å². The molecule has 1 aromatic heterocycles. The van der Waals surface area contributed by atoms with Gasteiger partial charge in [0.05, 0.1) is 11.8 Å². The summed E-state index contributed by atoms with van der Waals surface area (Å²) in [5.41, 5.74) is 0.658. The third-order valence-corrected chi connectivity index (χ3v) is 3.57. The van der Waals surface area contributed by atoms with Crippen molar-refractivity contribution in [2.24, 2.45) is 0 Å². The number of nitrogens with one attached hydrogen (secondary N) is 1. The van der Waals surface area contributed by atoms with Crippen molar-refractivity contribution < 1.29 is 9.21 Å². The van der Waals surface area contributed by atoms with Gasteiger partial charge >= 0.3 is 0 Å². The predicted molar refractivity (Wildman–Crippen MR) is 70.7 cm³/mol. The van der Waals surface area contributed by atoms with Gasteiger partial charge in [0.25, 0.3) is 5.91 Å². The summed E-state index contributed by atoms with van der Waals surface area (Å²) in [5.74, 6) is 0.686. The van der Waals surface area contributed by atoms with E-state index in [1.54, 1.807) is 12.3 Å². The Morgan fingerprint density at radius 2 is 2.22 bits per heavy atom. The summed E-state index contributed by atoms with van der Waals surface area (Å²) in [6, 6.07) is 2.04. The molecule has 1 saturated heterocycles. The molecule has 2 heterocycles. The Morgan fingerprint density at radius 3 is 2.78 bits per heavy atom. The second kappa shape index (κ2) is 6.05. The molecular weight excluding hydrogens is 228 g/mol. The number of rotatable bonds is 4. The van der Waals surface area contributed by atoms with Crippen molar-refractivity contribution >= 4 is 5.91 Å². The van der Waals surface area contributed by atoms with Gasteiger partial charge in [-0.05, 0) is 38.8 Å². The normalized spacial score (nSPS) is 17.9. The van der Waals surface area contributed by atoms with E-state index in [9.17, 15) is 4.79 Å². The highest BCUT2D eigenvalue weighted by Crippen LogP contribution is 2.13. The number of carbonyl (C=O) groups is 1. The van der Waals surface area contributed by atoms with Gasteiger partial charge < -0.3 is 14.6 Å². The molecule has 18 heavy (non-hydrogen) atoms. The lowest BCUT2D eigenvalue weighted by Crippen LogP contribution is -2.44. The average molecular weight is 250 g/mol. The molecule has 0 aromatic carbocycles. The van der Waals surface area contributed by atoms with Gasteiger partial charge in [-0.1, -0.05) is 6.92 Å². The summed E-state index contributed by atoms with van der Waals surface area (Å²) in [6.07, 6.45) is 4.85.